The first-order chi connectivity index (χ1) is 8.63. The molecule has 2 rings (SSSR count). The topological polar surface area (TPSA) is 67.6 Å². The number of nitrogens with zero attached hydrogens (tertiary/aromatic N) is 3. The molecule has 2 aromatic rings. The van der Waals surface area contributed by atoms with E-state index in [4.69, 9.17) is 5.73 Å². The summed E-state index contributed by atoms with van der Waals surface area (Å²) in [5.74, 6) is 0.882. The quantitative estimate of drug-likeness (QED) is 0.896. The molecule has 0 aliphatic carbocycles. The summed E-state index contributed by atoms with van der Waals surface area (Å²) in [6.07, 6.45) is 0. The number of benzene rings is 1. The molecular weight excluding hydrogens is 224 g/mol. The Bertz CT molecular complexity index is 576. The molecule has 0 fully saturated rings. The van der Waals surface area contributed by atoms with Crippen LogP contribution < -0.4 is 5.73 Å². The van der Waals surface area contributed by atoms with Crippen LogP contribution in [0.15, 0.2) is 30.3 Å². The van der Waals surface area contributed by atoms with Crippen molar-refractivity contribution in [2.45, 2.75) is 20.4 Å². The minimum atomic E-state index is 0.433. The SMILES string of the molecule is CC(C)Cn1nc(-c2ccccc2)c(C#N)c1N. The molecule has 0 unspecified atom stereocenters. The summed E-state index contributed by atoms with van der Waals surface area (Å²) < 4.78 is 1.71. The van der Waals surface area contributed by atoms with Crippen molar-refractivity contribution in [1.29, 1.82) is 5.26 Å². The van der Waals surface area contributed by atoms with Gasteiger partial charge in [-0.25, -0.2) is 4.68 Å². The van der Waals surface area contributed by atoms with E-state index in [0.29, 0.717) is 29.5 Å². The Morgan fingerprint density at radius 3 is 2.56 bits per heavy atom. The van der Waals surface area contributed by atoms with Gasteiger partial charge in [0.2, 0.25) is 0 Å². The second-order valence-corrected chi connectivity index (χ2v) is 4.66. The molecule has 1 aromatic heterocycles. The molecule has 0 aliphatic rings. The van der Waals surface area contributed by atoms with Crippen molar-refractivity contribution in [2.24, 2.45) is 5.92 Å². The summed E-state index contributed by atoms with van der Waals surface area (Å²) in [6, 6.07) is 11.8. The van der Waals surface area contributed by atoms with E-state index >= 15 is 0 Å². The van der Waals surface area contributed by atoms with Gasteiger partial charge in [-0.1, -0.05) is 44.2 Å². The first-order valence-electron chi connectivity index (χ1n) is 5.95. The van der Waals surface area contributed by atoms with Gasteiger partial charge in [-0.05, 0) is 5.92 Å². The fraction of sp³-hybridized carbons (Fsp3) is 0.286. The number of nitrogen functional groups attached to an aromatic ring is 1. The van der Waals surface area contributed by atoms with Crippen LogP contribution in [0.25, 0.3) is 11.3 Å². The van der Waals surface area contributed by atoms with Gasteiger partial charge in [-0.2, -0.15) is 10.4 Å². The molecule has 4 nitrogen and oxygen atoms in total. The van der Waals surface area contributed by atoms with Gasteiger partial charge in [0.05, 0.1) is 0 Å². The van der Waals surface area contributed by atoms with Crippen LogP contribution >= 0.6 is 0 Å². The normalized spacial score (nSPS) is 10.6. The smallest absolute Gasteiger partial charge is 0.140 e. The Labute approximate surface area is 107 Å². The molecular formula is C14H16N4. The van der Waals surface area contributed by atoms with Gasteiger partial charge in [0.15, 0.2) is 0 Å². The van der Waals surface area contributed by atoms with E-state index in [2.05, 4.69) is 25.0 Å². The molecule has 0 saturated heterocycles. The highest BCUT2D eigenvalue weighted by Gasteiger charge is 2.16. The zero-order chi connectivity index (χ0) is 13.1. The van der Waals surface area contributed by atoms with Crippen LogP contribution in [0, 0.1) is 17.2 Å². The highest BCUT2D eigenvalue weighted by molar-refractivity contribution is 5.72. The molecule has 0 atom stereocenters. The molecule has 1 heterocycles. The predicted molar refractivity (Wildman–Crippen MR) is 71.6 cm³/mol. The average Bonchev–Trinajstić information content (AvgIpc) is 2.67. The molecule has 0 saturated carbocycles. The first kappa shape index (κ1) is 12.2. The summed E-state index contributed by atoms with van der Waals surface area (Å²) in [5.41, 5.74) is 8.02. The Hall–Kier alpha value is -2.28. The summed E-state index contributed by atoms with van der Waals surface area (Å²) in [7, 11) is 0. The monoisotopic (exact) mass is 240 g/mol. The van der Waals surface area contributed by atoms with Crippen LogP contribution in [0.5, 0.6) is 0 Å². The van der Waals surface area contributed by atoms with Gasteiger partial charge >= 0.3 is 0 Å². The van der Waals surface area contributed by atoms with Gasteiger partial charge in [0, 0.05) is 12.1 Å². The van der Waals surface area contributed by atoms with Gasteiger partial charge in [0.1, 0.15) is 23.1 Å². The number of hydrogen-bond acceptors (Lipinski definition) is 3. The molecule has 0 radical (unpaired) electrons. The zero-order valence-corrected chi connectivity index (χ0v) is 10.6. The molecule has 0 bridgehead atoms. The molecule has 2 N–H and O–H groups in total. The van der Waals surface area contributed by atoms with E-state index in [-0.39, 0.29) is 0 Å². The third kappa shape index (κ3) is 2.21. The van der Waals surface area contributed by atoms with Crippen LogP contribution in [0.1, 0.15) is 19.4 Å². The number of aromatic nitrogens is 2. The lowest BCUT2D eigenvalue weighted by molar-refractivity contribution is 0.489. The maximum atomic E-state index is 9.22. The average molecular weight is 240 g/mol. The summed E-state index contributed by atoms with van der Waals surface area (Å²) in [5, 5.41) is 13.7. The molecule has 4 heteroatoms. The lowest BCUT2D eigenvalue weighted by atomic mass is 10.1. The fourth-order valence-corrected chi connectivity index (χ4v) is 1.87. The summed E-state index contributed by atoms with van der Waals surface area (Å²) in [6.45, 7) is 4.90. The standard InChI is InChI=1S/C14H16N4/c1-10(2)9-18-14(16)12(8-15)13(17-18)11-6-4-3-5-7-11/h3-7,10H,9,16H2,1-2H3. The summed E-state index contributed by atoms with van der Waals surface area (Å²) >= 11 is 0. The fourth-order valence-electron chi connectivity index (χ4n) is 1.87. The van der Waals surface area contributed by atoms with Crippen LogP contribution in [-0.4, -0.2) is 9.78 Å². The zero-order valence-electron chi connectivity index (χ0n) is 10.6. The Morgan fingerprint density at radius 2 is 2.00 bits per heavy atom. The molecule has 1 aromatic carbocycles. The van der Waals surface area contributed by atoms with Gasteiger partial charge < -0.3 is 5.73 Å². The lowest BCUT2D eigenvalue weighted by Gasteiger charge is -2.06. The van der Waals surface area contributed by atoms with E-state index in [1.807, 2.05) is 30.3 Å². The van der Waals surface area contributed by atoms with Gasteiger partial charge in [-0.3, -0.25) is 0 Å². The number of nitriles is 1. The second-order valence-electron chi connectivity index (χ2n) is 4.66. The molecule has 92 valence electrons. The van der Waals surface area contributed by atoms with E-state index in [1.54, 1.807) is 4.68 Å². The molecule has 0 spiro atoms. The highest BCUT2D eigenvalue weighted by Crippen LogP contribution is 2.26. The van der Waals surface area contributed by atoms with Crippen molar-refractivity contribution in [3.63, 3.8) is 0 Å². The van der Waals surface area contributed by atoms with Crippen molar-refractivity contribution in [3.05, 3.63) is 35.9 Å². The largest absolute Gasteiger partial charge is 0.383 e. The molecule has 0 aliphatic heterocycles. The van der Waals surface area contributed by atoms with Crippen LogP contribution in [-0.2, 0) is 6.54 Å². The van der Waals surface area contributed by atoms with Crippen molar-refractivity contribution < 1.29 is 0 Å². The molecule has 18 heavy (non-hydrogen) atoms. The number of anilines is 1. The predicted octanol–water partition coefficient (Wildman–Crippen LogP) is 2.66. The van der Waals surface area contributed by atoms with Gasteiger partial charge in [-0.15, -0.1) is 0 Å². The van der Waals surface area contributed by atoms with E-state index in [9.17, 15) is 5.26 Å². The maximum Gasteiger partial charge on any atom is 0.140 e. The number of rotatable bonds is 3. The lowest BCUT2D eigenvalue weighted by Crippen LogP contribution is -2.09. The van der Waals surface area contributed by atoms with Crippen molar-refractivity contribution in [3.8, 4) is 17.3 Å². The maximum absolute atomic E-state index is 9.22. The van der Waals surface area contributed by atoms with Crippen molar-refractivity contribution in [1.82, 2.24) is 9.78 Å². The third-order valence-corrected chi connectivity index (χ3v) is 2.69. The Kier molecular flexibility index (Phi) is 3.33. The Morgan fingerprint density at radius 1 is 1.33 bits per heavy atom. The first-order valence-corrected chi connectivity index (χ1v) is 5.95. The van der Waals surface area contributed by atoms with E-state index in [1.165, 1.54) is 0 Å². The second kappa shape index (κ2) is 4.92. The van der Waals surface area contributed by atoms with Crippen LogP contribution in [0.3, 0.4) is 0 Å². The Balaban J connectivity index is 2.52. The summed E-state index contributed by atoms with van der Waals surface area (Å²) in [4.78, 5) is 0. The number of nitrogens with two attached hydrogens (primary N) is 1. The van der Waals surface area contributed by atoms with E-state index < -0.39 is 0 Å². The minimum absolute atomic E-state index is 0.433. The van der Waals surface area contributed by atoms with Crippen molar-refractivity contribution >= 4 is 5.82 Å². The third-order valence-electron chi connectivity index (χ3n) is 2.69. The van der Waals surface area contributed by atoms with Crippen LogP contribution in [0.2, 0.25) is 0 Å². The van der Waals surface area contributed by atoms with Crippen LogP contribution in [0.4, 0.5) is 5.82 Å². The molecule has 0 amide bonds. The minimum Gasteiger partial charge on any atom is -0.383 e. The number of hydrogen-bond donors (Lipinski definition) is 1. The highest BCUT2D eigenvalue weighted by atomic mass is 15.3. The van der Waals surface area contributed by atoms with E-state index in [0.717, 1.165) is 5.56 Å². The van der Waals surface area contributed by atoms with Gasteiger partial charge in [0.25, 0.3) is 0 Å². The van der Waals surface area contributed by atoms with Crippen molar-refractivity contribution in [2.75, 3.05) is 5.73 Å².